The van der Waals surface area contributed by atoms with Gasteiger partial charge in [0.25, 0.3) is 11.5 Å². The molecule has 2 N–H and O–H groups in total. The van der Waals surface area contributed by atoms with Gasteiger partial charge in [-0.25, -0.2) is 4.39 Å². The van der Waals surface area contributed by atoms with Gasteiger partial charge in [-0.2, -0.15) is 0 Å². The highest BCUT2D eigenvalue weighted by molar-refractivity contribution is 6.31. The highest BCUT2D eigenvalue weighted by atomic mass is 35.5. The number of carbonyl (C=O) groups excluding carboxylic acids is 3. The van der Waals surface area contributed by atoms with Crippen LogP contribution in [0.3, 0.4) is 0 Å². The molecule has 1 fully saturated rings. The van der Waals surface area contributed by atoms with Crippen LogP contribution in [0.5, 0.6) is 0 Å². The average Bonchev–Trinajstić information content (AvgIpc) is 2.37. The number of alkyl halides is 2. The van der Waals surface area contributed by atoms with E-state index in [-0.39, 0.29) is 30.6 Å². The van der Waals surface area contributed by atoms with Crippen molar-refractivity contribution in [1.29, 1.82) is 0 Å². The summed E-state index contributed by atoms with van der Waals surface area (Å²) in [6, 6.07) is 6.59. The standard InChI is InChI=1S/C13H12ClFN2O3/c14-12(15)13(20)16-9-3-1-2-7(4-9)8-5-10(18)17-11(19)6-8/h1-4,8,12H,5-6H2,(H,16,20)(H,17,18,19). The second-order valence-corrected chi connectivity index (χ2v) is 4.88. The Bertz CT molecular complexity index is 546. The Morgan fingerprint density at radius 3 is 2.60 bits per heavy atom. The maximum absolute atomic E-state index is 12.6. The Balaban J connectivity index is 2.15. The lowest BCUT2D eigenvalue weighted by atomic mass is 9.89. The van der Waals surface area contributed by atoms with Gasteiger partial charge in [0.05, 0.1) is 0 Å². The van der Waals surface area contributed by atoms with Crippen molar-refractivity contribution >= 4 is 35.0 Å². The van der Waals surface area contributed by atoms with Crippen molar-refractivity contribution in [2.45, 2.75) is 24.4 Å². The molecule has 2 rings (SSSR count). The van der Waals surface area contributed by atoms with Crippen molar-refractivity contribution in [3.05, 3.63) is 29.8 Å². The van der Waals surface area contributed by atoms with Crippen LogP contribution in [0.1, 0.15) is 24.3 Å². The fraction of sp³-hybridized carbons (Fsp3) is 0.308. The third-order valence-corrected chi connectivity index (χ3v) is 3.16. The fourth-order valence-corrected chi connectivity index (χ4v) is 2.13. The fourth-order valence-electron chi connectivity index (χ4n) is 2.08. The summed E-state index contributed by atoms with van der Waals surface area (Å²) in [6.45, 7) is 0. The molecule has 0 aliphatic carbocycles. The van der Waals surface area contributed by atoms with E-state index in [1.54, 1.807) is 24.3 Å². The van der Waals surface area contributed by atoms with Crippen LogP contribution in [0.15, 0.2) is 24.3 Å². The van der Waals surface area contributed by atoms with E-state index < -0.39 is 11.5 Å². The molecule has 0 saturated carbocycles. The van der Waals surface area contributed by atoms with Crippen molar-refractivity contribution in [2.75, 3.05) is 5.32 Å². The number of rotatable bonds is 3. The van der Waals surface area contributed by atoms with Crippen molar-refractivity contribution < 1.29 is 18.8 Å². The molecule has 0 bridgehead atoms. The second kappa shape index (κ2) is 6.00. The Kier molecular flexibility index (Phi) is 4.34. The molecule has 1 atom stereocenters. The van der Waals surface area contributed by atoms with Gasteiger partial charge in [-0.05, 0) is 17.7 Å². The van der Waals surface area contributed by atoms with Gasteiger partial charge in [-0.15, -0.1) is 0 Å². The zero-order valence-electron chi connectivity index (χ0n) is 10.4. The summed E-state index contributed by atoms with van der Waals surface area (Å²) in [5, 5.41) is 4.54. The van der Waals surface area contributed by atoms with E-state index >= 15 is 0 Å². The molecule has 0 aromatic heterocycles. The van der Waals surface area contributed by atoms with Gasteiger partial charge >= 0.3 is 0 Å². The minimum Gasteiger partial charge on any atom is -0.322 e. The minimum absolute atomic E-state index is 0.199. The van der Waals surface area contributed by atoms with Gasteiger partial charge in [-0.1, -0.05) is 23.7 Å². The Hall–Kier alpha value is -1.95. The number of halogens is 2. The highest BCUT2D eigenvalue weighted by Crippen LogP contribution is 2.28. The summed E-state index contributed by atoms with van der Waals surface area (Å²) in [7, 11) is 0. The molecule has 1 unspecified atom stereocenters. The lowest BCUT2D eigenvalue weighted by molar-refractivity contribution is -0.133. The lowest BCUT2D eigenvalue weighted by Gasteiger charge is -2.21. The molecule has 0 radical (unpaired) electrons. The van der Waals surface area contributed by atoms with Gasteiger partial charge in [0.1, 0.15) is 0 Å². The van der Waals surface area contributed by atoms with Gasteiger partial charge in [0.15, 0.2) is 0 Å². The molecule has 1 aromatic carbocycles. The number of piperidine rings is 1. The number of hydrogen-bond acceptors (Lipinski definition) is 3. The zero-order chi connectivity index (χ0) is 14.7. The summed E-state index contributed by atoms with van der Waals surface area (Å²) in [4.78, 5) is 33.8. The van der Waals surface area contributed by atoms with E-state index in [1.165, 1.54) is 0 Å². The van der Waals surface area contributed by atoms with Crippen LogP contribution >= 0.6 is 11.6 Å². The topological polar surface area (TPSA) is 75.3 Å². The average molecular weight is 299 g/mol. The number of hydrogen-bond donors (Lipinski definition) is 2. The van der Waals surface area contributed by atoms with E-state index in [1.807, 2.05) is 0 Å². The predicted molar refractivity (Wildman–Crippen MR) is 70.9 cm³/mol. The quantitative estimate of drug-likeness (QED) is 0.658. The SMILES string of the molecule is O=C1CC(c2cccc(NC(=O)C(F)Cl)c2)CC(=O)N1. The van der Waals surface area contributed by atoms with Crippen molar-refractivity contribution in [2.24, 2.45) is 0 Å². The van der Waals surface area contributed by atoms with Gasteiger partial charge in [-0.3, -0.25) is 19.7 Å². The molecular weight excluding hydrogens is 287 g/mol. The molecule has 5 nitrogen and oxygen atoms in total. The maximum Gasteiger partial charge on any atom is 0.274 e. The molecule has 1 aliphatic rings. The van der Waals surface area contributed by atoms with Crippen LogP contribution in [0.2, 0.25) is 0 Å². The molecule has 0 spiro atoms. The minimum atomic E-state index is -2.12. The molecule has 106 valence electrons. The first-order valence-corrected chi connectivity index (χ1v) is 6.41. The van der Waals surface area contributed by atoms with Crippen LogP contribution in [-0.4, -0.2) is 23.4 Å². The van der Waals surface area contributed by atoms with E-state index in [0.717, 1.165) is 5.56 Å². The monoisotopic (exact) mass is 298 g/mol. The number of anilines is 1. The molecule has 20 heavy (non-hydrogen) atoms. The van der Waals surface area contributed by atoms with Crippen LogP contribution in [0, 0.1) is 0 Å². The zero-order valence-corrected chi connectivity index (χ0v) is 11.1. The molecule has 3 amide bonds. The molecule has 1 aromatic rings. The highest BCUT2D eigenvalue weighted by Gasteiger charge is 2.26. The summed E-state index contributed by atoms with van der Waals surface area (Å²) >= 11 is 5.03. The first-order chi connectivity index (χ1) is 9.45. The van der Waals surface area contributed by atoms with E-state index in [4.69, 9.17) is 11.6 Å². The number of imide groups is 1. The lowest BCUT2D eigenvalue weighted by Crippen LogP contribution is -2.37. The predicted octanol–water partition coefficient (Wildman–Crippen LogP) is 1.68. The Labute approximate surface area is 119 Å². The van der Waals surface area contributed by atoms with Crippen LogP contribution in [0.25, 0.3) is 0 Å². The van der Waals surface area contributed by atoms with Gasteiger partial charge in [0, 0.05) is 24.4 Å². The molecule has 7 heteroatoms. The Morgan fingerprint density at radius 2 is 2.00 bits per heavy atom. The van der Waals surface area contributed by atoms with Crippen LogP contribution in [0.4, 0.5) is 10.1 Å². The third kappa shape index (κ3) is 3.54. The maximum atomic E-state index is 12.6. The smallest absolute Gasteiger partial charge is 0.274 e. The van der Waals surface area contributed by atoms with Crippen LogP contribution < -0.4 is 10.6 Å². The number of benzene rings is 1. The largest absolute Gasteiger partial charge is 0.322 e. The number of carbonyl (C=O) groups is 3. The normalized spacial score (nSPS) is 17.5. The van der Waals surface area contributed by atoms with Crippen molar-refractivity contribution in [3.63, 3.8) is 0 Å². The second-order valence-electron chi connectivity index (χ2n) is 4.49. The number of amides is 3. The number of nitrogens with one attached hydrogen (secondary N) is 2. The third-order valence-electron chi connectivity index (χ3n) is 2.97. The summed E-state index contributed by atoms with van der Waals surface area (Å²) in [6.07, 6.45) is 0.398. The molecule has 1 aliphatic heterocycles. The molecule has 1 heterocycles. The van der Waals surface area contributed by atoms with E-state index in [9.17, 15) is 18.8 Å². The molecule has 1 saturated heterocycles. The van der Waals surface area contributed by atoms with E-state index in [0.29, 0.717) is 5.69 Å². The van der Waals surface area contributed by atoms with Gasteiger partial charge in [0.2, 0.25) is 11.8 Å². The first-order valence-electron chi connectivity index (χ1n) is 5.97. The van der Waals surface area contributed by atoms with Crippen molar-refractivity contribution in [1.82, 2.24) is 5.32 Å². The first kappa shape index (κ1) is 14.5. The Morgan fingerprint density at radius 1 is 1.35 bits per heavy atom. The van der Waals surface area contributed by atoms with Crippen molar-refractivity contribution in [3.8, 4) is 0 Å². The summed E-state index contributed by atoms with van der Waals surface area (Å²) in [5.41, 5.74) is -1.02. The van der Waals surface area contributed by atoms with Crippen LogP contribution in [-0.2, 0) is 14.4 Å². The summed E-state index contributed by atoms with van der Waals surface area (Å²) in [5.74, 6) is -1.86. The van der Waals surface area contributed by atoms with Gasteiger partial charge < -0.3 is 5.32 Å². The van der Waals surface area contributed by atoms with E-state index in [2.05, 4.69) is 10.6 Å². The molecular formula is C13H12ClFN2O3. The summed E-state index contributed by atoms with van der Waals surface area (Å²) < 4.78 is 12.6.